The molecule has 0 saturated heterocycles. The summed E-state index contributed by atoms with van der Waals surface area (Å²) in [6.07, 6.45) is 5.14. The maximum absolute atomic E-state index is 12.6. The van der Waals surface area contributed by atoms with Gasteiger partial charge in [0, 0.05) is 18.9 Å². The van der Waals surface area contributed by atoms with Crippen molar-refractivity contribution in [2.24, 2.45) is 5.92 Å². The Morgan fingerprint density at radius 1 is 1.19 bits per heavy atom. The zero-order valence-electron chi connectivity index (χ0n) is 14.7. The molecule has 7 heteroatoms. The van der Waals surface area contributed by atoms with Gasteiger partial charge in [0.05, 0.1) is 10.9 Å². The summed E-state index contributed by atoms with van der Waals surface area (Å²) in [7, 11) is 0. The average Bonchev–Trinajstić information content (AvgIpc) is 3.14. The van der Waals surface area contributed by atoms with Crippen LogP contribution in [-0.2, 0) is 11.3 Å². The van der Waals surface area contributed by atoms with E-state index in [0.29, 0.717) is 11.7 Å². The van der Waals surface area contributed by atoms with E-state index in [1.807, 2.05) is 56.3 Å². The number of pyridine rings is 1. The number of hydrogen-bond acceptors (Lipinski definition) is 5. The Labute approximate surface area is 157 Å². The molecule has 0 aliphatic heterocycles. The first-order valence-electron chi connectivity index (χ1n) is 8.44. The van der Waals surface area contributed by atoms with Crippen LogP contribution in [0.25, 0.3) is 5.69 Å². The molecule has 0 bridgehead atoms. The van der Waals surface area contributed by atoms with Gasteiger partial charge in [-0.15, -0.1) is 5.10 Å². The Hall–Kier alpha value is -2.67. The summed E-state index contributed by atoms with van der Waals surface area (Å²) < 4.78 is 1.72. The molecule has 0 unspecified atom stereocenters. The van der Waals surface area contributed by atoms with E-state index in [4.69, 9.17) is 0 Å². The molecule has 1 N–H and O–H groups in total. The Morgan fingerprint density at radius 2 is 2.00 bits per heavy atom. The molecule has 1 atom stereocenters. The highest BCUT2D eigenvalue weighted by Gasteiger charge is 2.25. The number of carbonyl (C=O) groups excluding carboxylic acids is 1. The molecule has 3 rings (SSSR count). The standard InChI is InChI=1S/C19H21N5OS/c1-14(2)17(18(25)21-12-15-7-6-10-20-11-15)26-19-22-13-24(23-19)16-8-4-3-5-9-16/h3-11,13-14,17H,12H2,1-2H3,(H,21,25)/t17-/m0/s1. The van der Waals surface area contributed by atoms with Crippen LogP contribution in [0.1, 0.15) is 19.4 Å². The van der Waals surface area contributed by atoms with Crippen LogP contribution in [0.5, 0.6) is 0 Å². The number of rotatable bonds is 7. The molecule has 1 aromatic carbocycles. The summed E-state index contributed by atoms with van der Waals surface area (Å²) in [6.45, 7) is 4.51. The van der Waals surface area contributed by atoms with Crippen molar-refractivity contribution in [3.63, 3.8) is 0 Å². The van der Waals surface area contributed by atoms with Crippen LogP contribution in [0.4, 0.5) is 0 Å². The van der Waals surface area contributed by atoms with Crippen molar-refractivity contribution in [3.8, 4) is 5.69 Å². The maximum atomic E-state index is 12.6. The van der Waals surface area contributed by atoms with Crippen molar-refractivity contribution in [2.45, 2.75) is 30.8 Å². The minimum absolute atomic E-state index is 0.0232. The third-order valence-corrected chi connectivity index (χ3v) is 5.19. The predicted molar refractivity (Wildman–Crippen MR) is 102 cm³/mol. The average molecular weight is 367 g/mol. The molecule has 0 saturated carbocycles. The number of aromatic nitrogens is 4. The van der Waals surface area contributed by atoms with Crippen molar-refractivity contribution in [2.75, 3.05) is 0 Å². The van der Waals surface area contributed by atoms with Gasteiger partial charge in [-0.1, -0.05) is 49.9 Å². The molecule has 6 nitrogen and oxygen atoms in total. The molecular weight excluding hydrogens is 346 g/mol. The molecule has 0 aliphatic carbocycles. The van der Waals surface area contributed by atoms with Crippen molar-refractivity contribution in [1.82, 2.24) is 25.1 Å². The zero-order chi connectivity index (χ0) is 18.4. The Balaban J connectivity index is 1.65. The highest BCUT2D eigenvalue weighted by atomic mass is 32.2. The van der Waals surface area contributed by atoms with Gasteiger partial charge in [-0.2, -0.15) is 0 Å². The second kappa shape index (κ2) is 8.62. The molecule has 134 valence electrons. The summed E-state index contributed by atoms with van der Waals surface area (Å²) in [6, 6.07) is 13.6. The predicted octanol–water partition coefficient (Wildman–Crippen LogP) is 3.10. The van der Waals surface area contributed by atoms with Gasteiger partial charge >= 0.3 is 0 Å². The van der Waals surface area contributed by atoms with Crippen LogP contribution in [0.3, 0.4) is 0 Å². The monoisotopic (exact) mass is 367 g/mol. The van der Waals surface area contributed by atoms with Gasteiger partial charge < -0.3 is 5.32 Å². The van der Waals surface area contributed by atoms with Crippen molar-refractivity contribution >= 4 is 17.7 Å². The van der Waals surface area contributed by atoms with Gasteiger partial charge in [0.1, 0.15) is 6.33 Å². The number of amides is 1. The smallest absolute Gasteiger partial charge is 0.234 e. The number of thioether (sulfide) groups is 1. The number of benzene rings is 1. The van der Waals surface area contributed by atoms with E-state index in [0.717, 1.165) is 11.3 Å². The second-order valence-corrected chi connectivity index (χ2v) is 7.28. The summed E-state index contributed by atoms with van der Waals surface area (Å²) >= 11 is 1.38. The number of para-hydroxylation sites is 1. The Bertz CT molecular complexity index is 835. The largest absolute Gasteiger partial charge is 0.351 e. The first kappa shape index (κ1) is 18.1. The highest BCUT2D eigenvalue weighted by Crippen LogP contribution is 2.26. The number of carbonyl (C=O) groups is 1. The van der Waals surface area contributed by atoms with E-state index >= 15 is 0 Å². The van der Waals surface area contributed by atoms with Crippen molar-refractivity contribution in [3.05, 3.63) is 66.7 Å². The van der Waals surface area contributed by atoms with E-state index in [2.05, 4.69) is 20.4 Å². The summed E-state index contributed by atoms with van der Waals surface area (Å²) in [4.78, 5) is 21.0. The van der Waals surface area contributed by atoms with Crippen LogP contribution >= 0.6 is 11.8 Å². The third kappa shape index (κ3) is 4.70. The molecular formula is C19H21N5OS. The summed E-state index contributed by atoms with van der Waals surface area (Å²) in [5.41, 5.74) is 1.91. The first-order valence-corrected chi connectivity index (χ1v) is 9.32. The summed E-state index contributed by atoms with van der Waals surface area (Å²) in [5, 5.41) is 7.78. The molecule has 0 spiro atoms. The van der Waals surface area contributed by atoms with E-state index in [-0.39, 0.29) is 17.1 Å². The van der Waals surface area contributed by atoms with E-state index in [1.165, 1.54) is 11.8 Å². The third-order valence-electron chi connectivity index (χ3n) is 3.78. The lowest BCUT2D eigenvalue weighted by atomic mass is 10.1. The summed E-state index contributed by atoms with van der Waals surface area (Å²) in [5.74, 6) is 0.127. The molecule has 2 heterocycles. The van der Waals surface area contributed by atoms with E-state index in [1.54, 1.807) is 23.4 Å². The molecule has 1 amide bonds. The normalized spacial score (nSPS) is 12.1. The van der Waals surface area contributed by atoms with Gasteiger partial charge in [0.25, 0.3) is 0 Å². The van der Waals surface area contributed by atoms with Crippen molar-refractivity contribution < 1.29 is 4.79 Å². The Kier molecular flexibility index (Phi) is 6.01. The maximum Gasteiger partial charge on any atom is 0.234 e. The van der Waals surface area contributed by atoms with Crippen LogP contribution in [0, 0.1) is 5.92 Å². The lowest BCUT2D eigenvalue weighted by Crippen LogP contribution is -2.35. The molecule has 0 aliphatic rings. The number of hydrogen-bond donors (Lipinski definition) is 1. The minimum atomic E-state index is -0.265. The van der Waals surface area contributed by atoms with E-state index in [9.17, 15) is 4.79 Å². The fourth-order valence-electron chi connectivity index (χ4n) is 2.41. The van der Waals surface area contributed by atoms with Gasteiger partial charge in [-0.05, 0) is 29.7 Å². The number of nitrogens with one attached hydrogen (secondary N) is 1. The quantitative estimate of drug-likeness (QED) is 0.650. The SMILES string of the molecule is CC(C)[C@H](Sc1ncn(-c2ccccc2)n1)C(=O)NCc1cccnc1. The fourth-order valence-corrected chi connectivity index (χ4v) is 3.34. The Morgan fingerprint density at radius 3 is 2.69 bits per heavy atom. The zero-order valence-corrected chi connectivity index (χ0v) is 15.6. The highest BCUT2D eigenvalue weighted by molar-refractivity contribution is 8.00. The fraction of sp³-hybridized carbons (Fsp3) is 0.263. The molecule has 2 aromatic heterocycles. The topological polar surface area (TPSA) is 72.7 Å². The lowest BCUT2D eigenvalue weighted by Gasteiger charge is -2.18. The molecule has 3 aromatic rings. The van der Waals surface area contributed by atoms with Gasteiger partial charge in [-0.3, -0.25) is 9.78 Å². The molecule has 26 heavy (non-hydrogen) atoms. The first-order chi connectivity index (χ1) is 12.6. The lowest BCUT2D eigenvalue weighted by molar-refractivity contribution is -0.121. The van der Waals surface area contributed by atoms with Gasteiger partial charge in [0.2, 0.25) is 11.1 Å². The van der Waals surface area contributed by atoms with Crippen LogP contribution < -0.4 is 5.32 Å². The second-order valence-electron chi connectivity index (χ2n) is 6.17. The van der Waals surface area contributed by atoms with E-state index < -0.39 is 0 Å². The number of nitrogens with zero attached hydrogens (tertiary/aromatic N) is 4. The van der Waals surface area contributed by atoms with Crippen molar-refractivity contribution in [1.29, 1.82) is 0 Å². The van der Waals surface area contributed by atoms with Crippen LogP contribution in [0.2, 0.25) is 0 Å². The van der Waals surface area contributed by atoms with Gasteiger partial charge in [0.15, 0.2) is 0 Å². The molecule has 0 radical (unpaired) electrons. The van der Waals surface area contributed by atoms with Crippen LogP contribution in [-0.4, -0.2) is 30.9 Å². The van der Waals surface area contributed by atoms with Crippen LogP contribution in [0.15, 0.2) is 66.3 Å². The van der Waals surface area contributed by atoms with Gasteiger partial charge in [-0.25, -0.2) is 9.67 Å². The minimum Gasteiger partial charge on any atom is -0.351 e. The molecule has 0 fully saturated rings.